The third-order valence-corrected chi connectivity index (χ3v) is 13.2. The van der Waals surface area contributed by atoms with Gasteiger partial charge in [-0.05, 0) is 160 Å². The van der Waals surface area contributed by atoms with Crippen LogP contribution in [-0.2, 0) is 18.3 Å². The van der Waals surface area contributed by atoms with Crippen LogP contribution in [0.4, 0.5) is 17.1 Å². The summed E-state index contributed by atoms with van der Waals surface area (Å²) < 4.78 is 0. The maximum atomic E-state index is 2.48. The molecular formula is C50H47N. The van der Waals surface area contributed by atoms with E-state index < -0.39 is 0 Å². The van der Waals surface area contributed by atoms with Crippen LogP contribution in [0.2, 0.25) is 0 Å². The third kappa shape index (κ3) is 5.19. The molecule has 0 amide bonds. The molecule has 2 fully saturated rings. The first-order chi connectivity index (χ1) is 25.0. The molecule has 0 N–H and O–H groups in total. The molecular weight excluding hydrogens is 615 g/mol. The normalized spacial score (nSPS) is 20.9. The van der Waals surface area contributed by atoms with Gasteiger partial charge in [-0.2, -0.15) is 0 Å². The van der Waals surface area contributed by atoms with Gasteiger partial charge in [0.05, 0.1) is 0 Å². The van der Waals surface area contributed by atoms with Gasteiger partial charge in [0.25, 0.3) is 0 Å². The van der Waals surface area contributed by atoms with E-state index in [1.54, 1.807) is 5.56 Å². The molecule has 4 aliphatic carbocycles. The zero-order chi connectivity index (χ0) is 34.1. The average molecular weight is 662 g/mol. The van der Waals surface area contributed by atoms with Crippen molar-refractivity contribution in [2.75, 3.05) is 4.90 Å². The van der Waals surface area contributed by atoms with Crippen LogP contribution in [0, 0.1) is 11.8 Å². The van der Waals surface area contributed by atoms with Crippen LogP contribution >= 0.6 is 0 Å². The van der Waals surface area contributed by atoms with Gasteiger partial charge in [-0.3, -0.25) is 0 Å². The zero-order valence-electron chi connectivity index (χ0n) is 30.0. The molecule has 3 unspecified atom stereocenters. The summed E-state index contributed by atoms with van der Waals surface area (Å²) in [5.41, 5.74) is 18.9. The van der Waals surface area contributed by atoms with E-state index in [1.165, 1.54) is 124 Å². The molecule has 0 heterocycles. The molecule has 51 heavy (non-hydrogen) atoms. The van der Waals surface area contributed by atoms with Crippen molar-refractivity contribution in [1.82, 2.24) is 0 Å². The highest BCUT2D eigenvalue weighted by atomic mass is 15.1. The number of aryl methyl sites for hydroxylation is 2. The van der Waals surface area contributed by atoms with E-state index in [-0.39, 0.29) is 5.41 Å². The molecule has 0 spiro atoms. The second kappa shape index (κ2) is 12.1. The number of fused-ring (bicyclic) bond motifs is 6. The summed E-state index contributed by atoms with van der Waals surface area (Å²) in [6.45, 7) is 4.80. The van der Waals surface area contributed by atoms with Crippen molar-refractivity contribution >= 4 is 17.1 Å². The van der Waals surface area contributed by atoms with E-state index in [9.17, 15) is 0 Å². The van der Waals surface area contributed by atoms with E-state index in [0.717, 1.165) is 17.8 Å². The lowest BCUT2D eigenvalue weighted by Gasteiger charge is -2.29. The molecule has 2 saturated carbocycles. The number of anilines is 3. The minimum atomic E-state index is -0.112. The molecule has 0 aliphatic heterocycles. The number of benzene rings is 6. The van der Waals surface area contributed by atoms with Gasteiger partial charge in [-0.1, -0.05) is 117 Å². The quantitative estimate of drug-likeness (QED) is 0.172. The SMILES string of the molecule is CC1(C)c2cc(N(c3ccc(-c4ccc5c(c4)CCCC5)cc3)c3ccc(C4CC5CCC4C5)cc3)ccc2-c2c(-c3ccccc3)cccc21. The highest BCUT2D eigenvalue weighted by Crippen LogP contribution is 2.55. The summed E-state index contributed by atoms with van der Waals surface area (Å²) in [5.74, 6) is 2.57. The Labute approximate surface area is 304 Å². The maximum Gasteiger partial charge on any atom is 0.0465 e. The van der Waals surface area contributed by atoms with Crippen molar-refractivity contribution in [1.29, 1.82) is 0 Å². The summed E-state index contributed by atoms with van der Waals surface area (Å²) in [5, 5.41) is 0. The van der Waals surface area contributed by atoms with Crippen molar-refractivity contribution in [2.45, 2.75) is 76.5 Å². The van der Waals surface area contributed by atoms with Gasteiger partial charge >= 0.3 is 0 Å². The van der Waals surface area contributed by atoms with E-state index in [1.807, 2.05) is 0 Å². The second-order valence-corrected chi connectivity index (χ2v) is 16.4. The number of rotatable bonds is 6. The zero-order valence-corrected chi connectivity index (χ0v) is 30.0. The first-order valence-corrected chi connectivity index (χ1v) is 19.5. The van der Waals surface area contributed by atoms with Gasteiger partial charge < -0.3 is 4.90 Å². The average Bonchev–Trinajstić information content (AvgIpc) is 3.88. The van der Waals surface area contributed by atoms with E-state index in [0.29, 0.717) is 0 Å². The molecule has 6 aromatic rings. The summed E-state index contributed by atoms with van der Waals surface area (Å²) in [6.07, 6.45) is 10.7. The topological polar surface area (TPSA) is 3.24 Å². The van der Waals surface area contributed by atoms with Gasteiger partial charge in [0, 0.05) is 22.5 Å². The van der Waals surface area contributed by atoms with Crippen LogP contribution in [0.25, 0.3) is 33.4 Å². The van der Waals surface area contributed by atoms with Crippen LogP contribution in [0.1, 0.15) is 86.1 Å². The number of hydrogen-bond donors (Lipinski definition) is 0. The Morgan fingerprint density at radius 3 is 2.00 bits per heavy atom. The molecule has 10 rings (SSSR count). The summed E-state index contributed by atoms with van der Waals surface area (Å²) in [4.78, 5) is 2.48. The lowest BCUT2D eigenvalue weighted by atomic mass is 9.81. The Morgan fingerprint density at radius 1 is 0.529 bits per heavy atom. The van der Waals surface area contributed by atoms with E-state index in [4.69, 9.17) is 0 Å². The van der Waals surface area contributed by atoms with Gasteiger partial charge in [-0.15, -0.1) is 0 Å². The van der Waals surface area contributed by atoms with Crippen LogP contribution in [0.5, 0.6) is 0 Å². The number of hydrogen-bond acceptors (Lipinski definition) is 1. The highest BCUT2D eigenvalue weighted by Gasteiger charge is 2.40. The molecule has 3 atom stereocenters. The fourth-order valence-corrected chi connectivity index (χ4v) is 10.5. The standard InChI is InChI=1S/C50H47N/c1-50(2)47-14-8-13-44(36-10-4-3-5-11-36)49(47)45-28-27-43(32-48(45)50)51(42-25-21-37(22-26-42)46-30-33-15-16-40(46)29-33)41-23-19-35(20-24-41)39-18-17-34-9-6-7-12-38(34)31-39/h3-5,8,10-11,13-14,17-28,31-33,40,46H,6-7,9,12,15-16,29-30H2,1-2H3. The summed E-state index contributed by atoms with van der Waals surface area (Å²) in [7, 11) is 0. The fraction of sp³-hybridized carbons (Fsp3) is 0.280. The Bertz CT molecular complexity index is 2240. The van der Waals surface area contributed by atoms with Crippen molar-refractivity contribution in [3.05, 3.63) is 161 Å². The second-order valence-electron chi connectivity index (χ2n) is 16.4. The first kappa shape index (κ1) is 30.9. The molecule has 2 bridgehead atoms. The summed E-state index contributed by atoms with van der Waals surface area (Å²) in [6, 6.07) is 51.1. The molecule has 1 nitrogen and oxygen atoms in total. The van der Waals surface area contributed by atoms with Crippen LogP contribution in [0.3, 0.4) is 0 Å². The maximum absolute atomic E-state index is 2.48. The van der Waals surface area contributed by atoms with Gasteiger partial charge in [0.1, 0.15) is 0 Å². The molecule has 4 aliphatic rings. The van der Waals surface area contributed by atoms with Crippen molar-refractivity contribution in [3.63, 3.8) is 0 Å². The van der Waals surface area contributed by atoms with Gasteiger partial charge in [0.15, 0.2) is 0 Å². The molecule has 252 valence electrons. The minimum absolute atomic E-state index is 0.112. The Morgan fingerprint density at radius 2 is 1.25 bits per heavy atom. The highest BCUT2D eigenvalue weighted by molar-refractivity contribution is 5.94. The smallest absolute Gasteiger partial charge is 0.0465 e. The monoisotopic (exact) mass is 661 g/mol. The van der Waals surface area contributed by atoms with Crippen LogP contribution in [-0.4, -0.2) is 0 Å². The Hall–Kier alpha value is -4.88. The fourth-order valence-electron chi connectivity index (χ4n) is 10.5. The van der Waals surface area contributed by atoms with Crippen molar-refractivity contribution < 1.29 is 0 Å². The lowest BCUT2D eigenvalue weighted by molar-refractivity contribution is 0.420. The third-order valence-electron chi connectivity index (χ3n) is 13.2. The van der Waals surface area contributed by atoms with Crippen LogP contribution in [0.15, 0.2) is 133 Å². The molecule has 0 saturated heterocycles. The lowest BCUT2D eigenvalue weighted by Crippen LogP contribution is -2.16. The minimum Gasteiger partial charge on any atom is -0.310 e. The first-order valence-electron chi connectivity index (χ1n) is 19.5. The molecule has 0 aromatic heterocycles. The Kier molecular flexibility index (Phi) is 7.35. The predicted octanol–water partition coefficient (Wildman–Crippen LogP) is 13.6. The van der Waals surface area contributed by atoms with Gasteiger partial charge in [0.2, 0.25) is 0 Å². The molecule has 6 aromatic carbocycles. The molecule has 0 radical (unpaired) electrons. The van der Waals surface area contributed by atoms with E-state index in [2.05, 4.69) is 152 Å². The Balaban J connectivity index is 1.06. The van der Waals surface area contributed by atoms with E-state index >= 15 is 0 Å². The van der Waals surface area contributed by atoms with Crippen molar-refractivity contribution in [2.24, 2.45) is 11.8 Å². The number of nitrogens with zero attached hydrogens (tertiary/aromatic N) is 1. The predicted molar refractivity (Wildman–Crippen MR) is 214 cm³/mol. The van der Waals surface area contributed by atoms with Gasteiger partial charge in [-0.25, -0.2) is 0 Å². The largest absolute Gasteiger partial charge is 0.310 e. The van der Waals surface area contributed by atoms with Crippen LogP contribution < -0.4 is 4.90 Å². The molecule has 1 heteroatoms. The van der Waals surface area contributed by atoms with Crippen molar-refractivity contribution in [3.8, 4) is 33.4 Å². The summed E-state index contributed by atoms with van der Waals surface area (Å²) >= 11 is 0.